The highest BCUT2D eigenvalue weighted by atomic mass is 35.5. The Hall–Kier alpha value is -1.18. The third kappa shape index (κ3) is 3.23. The van der Waals surface area contributed by atoms with E-state index >= 15 is 0 Å². The van der Waals surface area contributed by atoms with Crippen LogP contribution in [-0.4, -0.2) is 59.0 Å². The Bertz CT molecular complexity index is 459. The molecule has 2 rings (SSSR count). The Balaban J connectivity index is 2.07. The van der Waals surface area contributed by atoms with Gasteiger partial charge in [-0.25, -0.2) is 0 Å². The van der Waals surface area contributed by atoms with Gasteiger partial charge in [0.1, 0.15) is 5.60 Å². The van der Waals surface area contributed by atoms with Gasteiger partial charge in [0.05, 0.1) is 6.10 Å². The predicted octanol–water partition coefficient (Wildman–Crippen LogP) is 0.543. The van der Waals surface area contributed by atoms with Crippen molar-refractivity contribution in [3.8, 4) is 0 Å². The molecule has 0 spiro atoms. The van der Waals surface area contributed by atoms with Gasteiger partial charge in [0.15, 0.2) is 0 Å². The molecule has 1 aliphatic heterocycles. The summed E-state index contributed by atoms with van der Waals surface area (Å²) in [5.74, 6) is 0.807. The van der Waals surface area contributed by atoms with Gasteiger partial charge in [-0.1, -0.05) is 0 Å². The van der Waals surface area contributed by atoms with Crippen LogP contribution in [0.15, 0.2) is 0 Å². The molecule has 2 N–H and O–H groups in total. The van der Waals surface area contributed by atoms with Crippen LogP contribution < -0.4 is 10.2 Å². The number of aliphatic hydroxyl groups is 1. The number of hydrogen-bond acceptors (Lipinski definition) is 7. The number of hydrogen-bond donors (Lipinski definition) is 2. The maximum absolute atomic E-state index is 10.4. The molecule has 7 nitrogen and oxygen atoms in total. The van der Waals surface area contributed by atoms with E-state index in [-0.39, 0.29) is 11.4 Å². The average molecular weight is 288 g/mol. The van der Waals surface area contributed by atoms with Gasteiger partial charge in [-0.3, -0.25) is 0 Å². The van der Waals surface area contributed by atoms with Gasteiger partial charge in [0, 0.05) is 33.7 Å². The lowest BCUT2D eigenvalue weighted by Gasteiger charge is -2.26. The van der Waals surface area contributed by atoms with Crippen LogP contribution in [0.25, 0.3) is 0 Å². The van der Waals surface area contributed by atoms with E-state index in [1.165, 1.54) is 0 Å². The SMILES string of the molecule is CC1OCCC1(O)CNc1nc(Cl)nc(N(C)C)n1. The molecule has 1 aliphatic rings. The van der Waals surface area contributed by atoms with Gasteiger partial charge >= 0.3 is 0 Å². The molecule has 0 saturated carbocycles. The molecule has 2 atom stereocenters. The van der Waals surface area contributed by atoms with Crippen molar-refractivity contribution in [1.82, 2.24) is 15.0 Å². The summed E-state index contributed by atoms with van der Waals surface area (Å²) >= 11 is 5.84. The zero-order valence-electron chi connectivity index (χ0n) is 11.2. The highest BCUT2D eigenvalue weighted by molar-refractivity contribution is 6.28. The van der Waals surface area contributed by atoms with Crippen molar-refractivity contribution in [1.29, 1.82) is 0 Å². The predicted molar refractivity (Wildman–Crippen MR) is 72.6 cm³/mol. The van der Waals surface area contributed by atoms with Crippen LogP contribution in [0.2, 0.25) is 5.28 Å². The third-order valence-electron chi connectivity index (χ3n) is 3.21. The summed E-state index contributed by atoms with van der Waals surface area (Å²) in [7, 11) is 3.63. The van der Waals surface area contributed by atoms with E-state index < -0.39 is 5.60 Å². The fraction of sp³-hybridized carbons (Fsp3) is 0.727. The van der Waals surface area contributed by atoms with Crippen LogP contribution in [0, 0.1) is 0 Å². The molecule has 1 fully saturated rings. The monoisotopic (exact) mass is 287 g/mol. The largest absolute Gasteiger partial charge is 0.385 e. The molecule has 1 aromatic rings. The molecule has 2 unspecified atom stereocenters. The molecular formula is C11H18ClN5O2. The summed E-state index contributed by atoms with van der Waals surface area (Å²) in [6.07, 6.45) is 0.367. The van der Waals surface area contributed by atoms with E-state index in [4.69, 9.17) is 16.3 Å². The fourth-order valence-corrected chi connectivity index (χ4v) is 2.01. The first-order valence-electron chi connectivity index (χ1n) is 6.07. The Kier molecular flexibility index (Phi) is 4.07. The number of halogens is 1. The van der Waals surface area contributed by atoms with E-state index in [9.17, 15) is 5.11 Å². The van der Waals surface area contributed by atoms with Crippen molar-refractivity contribution in [2.45, 2.75) is 25.0 Å². The Morgan fingerprint density at radius 2 is 2.21 bits per heavy atom. The van der Waals surface area contributed by atoms with Crippen LogP contribution in [-0.2, 0) is 4.74 Å². The lowest BCUT2D eigenvalue weighted by Crippen LogP contribution is -2.43. The average Bonchev–Trinajstić information content (AvgIpc) is 2.67. The van der Waals surface area contributed by atoms with Crippen LogP contribution in [0.3, 0.4) is 0 Å². The van der Waals surface area contributed by atoms with E-state index in [0.717, 1.165) is 0 Å². The highest BCUT2D eigenvalue weighted by Gasteiger charge is 2.39. The zero-order chi connectivity index (χ0) is 14.0. The first-order chi connectivity index (χ1) is 8.90. The van der Waals surface area contributed by atoms with E-state index in [1.54, 1.807) is 4.90 Å². The molecule has 0 radical (unpaired) electrons. The maximum Gasteiger partial charge on any atom is 0.230 e. The highest BCUT2D eigenvalue weighted by Crippen LogP contribution is 2.25. The van der Waals surface area contributed by atoms with Gasteiger partial charge in [-0.05, 0) is 18.5 Å². The number of nitrogens with zero attached hydrogens (tertiary/aromatic N) is 4. The zero-order valence-corrected chi connectivity index (χ0v) is 12.0. The molecule has 0 bridgehead atoms. The van der Waals surface area contributed by atoms with Gasteiger partial charge in [-0.2, -0.15) is 15.0 Å². The van der Waals surface area contributed by atoms with Crippen molar-refractivity contribution in [3.63, 3.8) is 0 Å². The van der Waals surface area contributed by atoms with E-state index in [0.29, 0.717) is 31.5 Å². The minimum Gasteiger partial charge on any atom is -0.385 e. The quantitative estimate of drug-likeness (QED) is 0.836. The second kappa shape index (κ2) is 5.44. The van der Waals surface area contributed by atoms with Crippen LogP contribution in [0.4, 0.5) is 11.9 Å². The molecule has 0 aliphatic carbocycles. The summed E-state index contributed by atoms with van der Waals surface area (Å²) in [6.45, 7) is 2.71. The van der Waals surface area contributed by atoms with Gasteiger partial charge in [-0.15, -0.1) is 0 Å². The van der Waals surface area contributed by atoms with Gasteiger partial charge in [0.25, 0.3) is 0 Å². The topological polar surface area (TPSA) is 83.4 Å². The minimum atomic E-state index is -0.905. The van der Waals surface area contributed by atoms with Crippen molar-refractivity contribution in [2.24, 2.45) is 0 Å². The first-order valence-corrected chi connectivity index (χ1v) is 6.45. The Morgan fingerprint density at radius 3 is 2.79 bits per heavy atom. The van der Waals surface area contributed by atoms with Crippen molar-refractivity contribution >= 4 is 23.5 Å². The summed E-state index contributed by atoms with van der Waals surface area (Å²) < 4.78 is 5.37. The number of anilines is 2. The molecule has 8 heteroatoms. The molecule has 106 valence electrons. The lowest BCUT2D eigenvalue weighted by molar-refractivity contribution is -0.0176. The summed E-state index contributed by atoms with van der Waals surface area (Å²) in [5, 5.41) is 13.5. The number of rotatable bonds is 4. The van der Waals surface area contributed by atoms with Gasteiger partial charge < -0.3 is 20.1 Å². The normalized spacial score (nSPS) is 26.5. The van der Waals surface area contributed by atoms with Crippen molar-refractivity contribution < 1.29 is 9.84 Å². The molecule has 2 heterocycles. The standard InChI is InChI=1S/C11H18ClN5O2/c1-7-11(18,4-5-19-7)6-13-9-14-8(12)15-10(16-9)17(2)3/h7,18H,4-6H2,1-3H3,(H,13,14,15,16). The maximum atomic E-state index is 10.4. The third-order valence-corrected chi connectivity index (χ3v) is 3.38. The molecule has 19 heavy (non-hydrogen) atoms. The molecule has 0 aromatic carbocycles. The lowest BCUT2D eigenvalue weighted by atomic mass is 9.97. The first kappa shape index (κ1) is 14.2. The smallest absolute Gasteiger partial charge is 0.230 e. The summed E-state index contributed by atoms with van der Waals surface area (Å²) in [5.41, 5.74) is -0.905. The second-order valence-electron chi connectivity index (χ2n) is 4.84. The van der Waals surface area contributed by atoms with Crippen molar-refractivity contribution in [2.75, 3.05) is 37.5 Å². The molecular weight excluding hydrogens is 270 g/mol. The van der Waals surface area contributed by atoms with E-state index in [2.05, 4.69) is 20.3 Å². The number of ether oxygens (including phenoxy) is 1. The Labute approximate surface area is 117 Å². The van der Waals surface area contributed by atoms with Gasteiger partial charge in [0.2, 0.25) is 17.2 Å². The minimum absolute atomic E-state index is 0.115. The number of nitrogens with one attached hydrogen (secondary N) is 1. The van der Waals surface area contributed by atoms with Crippen LogP contribution in [0.5, 0.6) is 0 Å². The molecule has 0 amide bonds. The van der Waals surface area contributed by atoms with Crippen LogP contribution >= 0.6 is 11.6 Å². The molecule has 1 saturated heterocycles. The second-order valence-corrected chi connectivity index (χ2v) is 5.18. The Morgan fingerprint density at radius 1 is 1.47 bits per heavy atom. The fourth-order valence-electron chi connectivity index (χ4n) is 1.85. The van der Waals surface area contributed by atoms with E-state index in [1.807, 2.05) is 21.0 Å². The van der Waals surface area contributed by atoms with Crippen LogP contribution in [0.1, 0.15) is 13.3 Å². The van der Waals surface area contributed by atoms with Crippen molar-refractivity contribution in [3.05, 3.63) is 5.28 Å². The molecule has 1 aromatic heterocycles. The number of aromatic nitrogens is 3. The summed E-state index contributed by atoms with van der Waals surface area (Å²) in [6, 6.07) is 0. The summed E-state index contributed by atoms with van der Waals surface area (Å²) in [4.78, 5) is 13.9.